The van der Waals surface area contributed by atoms with Gasteiger partial charge < -0.3 is 15.4 Å². The average molecular weight is 361 g/mol. The third-order valence-electron chi connectivity index (χ3n) is 5.39. The maximum Gasteiger partial charge on any atom is 0.191 e. The Bertz CT molecular complexity index is 553. The summed E-state index contributed by atoms with van der Waals surface area (Å²) in [6.45, 7) is 10.6. The fourth-order valence-electron chi connectivity index (χ4n) is 3.73. The number of aromatic nitrogens is 1. The van der Waals surface area contributed by atoms with E-state index in [0.29, 0.717) is 5.41 Å². The molecular weight excluding hydrogens is 324 g/mol. The van der Waals surface area contributed by atoms with E-state index >= 15 is 0 Å². The molecule has 1 saturated carbocycles. The molecule has 1 aliphatic rings. The number of aryl methyl sites for hydroxylation is 1. The summed E-state index contributed by atoms with van der Waals surface area (Å²) in [6.07, 6.45) is 11.1. The van der Waals surface area contributed by atoms with E-state index in [4.69, 9.17) is 9.73 Å². The molecule has 1 aliphatic carbocycles. The van der Waals surface area contributed by atoms with Gasteiger partial charge in [0.25, 0.3) is 0 Å². The number of hydrogen-bond donors (Lipinski definition) is 2. The molecule has 0 unspecified atom stereocenters. The predicted octanol–water partition coefficient (Wildman–Crippen LogP) is 3.47. The Kier molecular flexibility index (Phi) is 8.89. The number of pyridine rings is 1. The maximum atomic E-state index is 5.62. The number of nitrogens with one attached hydrogen (secondary N) is 2. The van der Waals surface area contributed by atoms with Crippen molar-refractivity contribution in [1.29, 1.82) is 0 Å². The van der Waals surface area contributed by atoms with Crippen LogP contribution in [0.3, 0.4) is 0 Å². The summed E-state index contributed by atoms with van der Waals surface area (Å²) in [5.41, 5.74) is 2.92. The van der Waals surface area contributed by atoms with Gasteiger partial charge in [0.05, 0.1) is 0 Å². The monoisotopic (exact) mass is 360 g/mol. The van der Waals surface area contributed by atoms with Gasteiger partial charge in [-0.1, -0.05) is 12.8 Å². The third kappa shape index (κ3) is 6.60. The van der Waals surface area contributed by atoms with Crippen LogP contribution in [0.15, 0.2) is 23.5 Å². The van der Waals surface area contributed by atoms with Crippen LogP contribution < -0.4 is 10.6 Å². The molecule has 0 amide bonds. The highest BCUT2D eigenvalue weighted by atomic mass is 16.5. The third-order valence-corrected chi connectivity index (χ3v) is 5.39. The van der Waals surface area contributed by atoms with Crippen LogP contribution in [0.2, 0.25) is 0 Å². The van der Waals surface area contributed by atoms with Crippen LogP contribution in [0, 0.1) is 12.3 Å². The minimum absolute atomic E-state index is 0.333. The lowest BCUT2D eigenvalue weighted by molar-refractivity contribution is 0.107. The summed E-state index contributed by atoms with van der Waals surface area (Å²) in [5, 5.41) is 6.88. The summed E-state index contributed by atoms with van der Waals surface area (Å²) >= 11 is 0. The number of guanidine groups is 1. The summed E-state index contributed by atoms with van der Waals surface area (Å²) in [6, 6.07) is 2.10. The Morgan fingerprint density at radius 3 is 2.77 bits per heavy atom. The van der Waals surface area contributed by atoms with Crippen LogP contribution in [0.25, 0.3) is 0 Å². The number of nitrogens with zero attached hydrogens (tertiary/aromatic N) is 2. The second kappa shape index (κ2) is 11.2. The molecule has 0 radical (unpaired) electrons. The van der Waals surface area contributed by atoms with E-state index in [1.54, 1.807) is 0 Å². The van der Waals surface area contributed by atoms with Crippen LogP contribution in [-0.4, -0.2) is 43.8 Å². The zero-order valence-corrected chi connectivity index (χ0v) is 16.8. The molecule has 0 aromatic carbocycles. The highest BCUT2D eigenvalue weighted by Gasteiger charge is 2.33. The van der Waals surface area contributed by atoms with Gasteiger partial charge in [0.2, 0.25) is 0 Å². The highest BCUT2D eigenvalue weighted by Crippen LogP contribution is 2.41. The minimum Gasteiger partial charge on any atom is -0.382 e. The Morgan fingerprint density at radius 2 is 2.08 bits per heavy atom. The Hall–Kier alpha value is -1.62. The first kappa shape index (κ1) is 20.7. The van der Waals surface area contributed by atoms with E-state index in [1.807, 2.05) is 12.4 Å². The molecule has 1 aromatic heterocycles. The first-order valence-corrected chi connectivity index (χ1v) is 10.2. The van der Waals surface area contributed by atoms with Gasteiger partial charge in [-0.2, -0.15) is 0 Å². The van der Waals surface area contributed by atoms with E-state index in [1.165, 1.54) is 36.8 Å². The molecule has 5 nitrogen and oxygen atoms in total. The second-order valence-corrected chi connectivity index (χ2v) is 7.33. The van der Waals surface area contributed by atoms with Crippen molar-refractivity contribution in [2.45, 2.75) is 59.3 Å². The van der Waals surface area contributed by atoms with Gasteiger partial charge >= 0.3 is 0 Å². The summed E-state index contributed by atoms with van der Waals surface area (Å²) in [7, 11) is 0. The first-order chi connectivity index (χ1) is 12.7. The van der Waals surface area contributed by atoms with Gasteiger partial charge in [0, 0.05) is 45.2 Å². The lowest BCUT2D eigenvalue weighted by atomic mass is 9.83. The molecule has 0 bridgehead atoms. The molecule has 1 heterocycles. The van der Waals surface area contributed by atoms with Gasteiger partial charge in [0.1, 0.15) is 0 Å². The van der Waals surface area contributed by atoms with E-state index in [0.717, 1.165) is 51.6 Å². The van der Waals surface area contributed by atoms with Crippen LogP contribution in [0.5, 0.6) is 0 Å². The number of hydrogen-bond acceptors (Lipinski definition) is 3. The van der Waals surface area contributed by atoms with E-state index in [-0.39, 0.29) is 0 Å². The largest absolute Gasteiger partial charge is 0.382 e. The minimum atomic E-state index is 0.333. The second-order valence-electron chi connectivity index (χ2n) is 7.33. The normalized spacial score (nSPS) is 16.7. The van der Waals surface area contributed by atoms with Gasteiger partial charge in [-0.3, -0.25) is 9.98 Å². The summed E-state index contributed by atoms with van der Waals surface area (Å²) in [5.74, 6) is 0.932. The zero-order chi connectivity index (χ0) is 18.7. The van der Waals surface area contributed by atoms with Crippen molar-refractivity contribution in [3.63, 3.8) is 0 Å². The average Bonchev–Trinajstić information content (AvgIpc) is 3.11. The topological polar surface area (TPSA) is 58.5 Å². The fourth-order valence-corrected chi connectivity index (χ4v) is 3.73. The van der Waals surface area contributed by atoms with Crippen molar-refractivity contribution in [3.05, 3.63) is 29.6 Å². The molecular formula is C21H36N4O. The van der Waals surface area contributed by atoms with Gasteiger partial charge in [-0.15, -0.1) is 0 Å². The molecule has 0 aliphatic heterocycles. The molecule has 146 valence electrons. The van der Waals surface area contributed by atoms with Gasteiger partial charge in [0.15, 0.2) is 5.96 Å². The van der Waals surface area contributed by atoms with Gasteiger partial charge in [-0.05, 0) is 69.1 Å². The van der Waals surface area contributed by atoms with Crippen molar-refractivity contribution in [3.8, 4) is 0 Å². The standard InChI is InChI=1S/C21H36N4O/c1-4-23-20(24-14-9-19-8-13-22-16-18(19)3)25-17-21(10-6-7-11-21)12-15-26-5-2/h8,13,16H,4-7,9-12,14-15,17H2,1-3H3,(H2,23,24,25). The molecule has 0 saturated heterocycles. The van der Waals surface area contributed by atoms with Crippen LogP contribution >= 0.6 is 0 Å². The molecule has 0 spiro atoms. The molecule has 26 heavy (non-hydrogen) atoms. The number of ether oxygens (including phenoxy) is 1. The molecule has 5 heteroatoms. The van der Waals surface area contributed by atoms with E-state index in [2.05, 4.69) is 42.5 Å². The van der Waals surface area contributed by atoms with Crippen molar-refractivity contribution in [2.75, 3.05) is 32.8 Å². The molecule has 0 atom stereocenters. The SMILES string of the molecule is CCNC(=NCC1(CCOCC)CCCC1)NCCc1ccncc1C. The van der Waals surface area contributed by atoms with Crippen LogP contribution in [0.1, 0.15) is 57.1 Å². The Balaban J connectivity index is 1.88. The lowest BCUT2D eigenvalue weighted by Gasteiger charge is -2.27. The summed E-state index contributed by atoms with van der Waals surface area (Å²) in [4.78, 5) is 9.09. The quantitative estimate of drug-likeness (QED) is 0.381. The lowest BCUT2D eigenvalue weighted by Crippen LogP contribution is -2.39. The Morgan fingerprint density at radius 1 is 1.27 bits per heavy atom. The van der Waals surface area contributed by atoms with Gasteiger partial charge in [-0.25, -0.2) is 0 Å². The zero-order valence-electron chi connectivity index (χ0n) is 16.8. The van der Waals surface area contributed by atoms with Crippen molar-refractivity contribution in [1.82, 2.24) is 15.6 Å². The maximum absolute atomic E-state index is 5.62. The van der Waals surface area contributed by atoms with Crippen molar-refractivity contribution >= 4 is 5.96 Å². The number of rotatable bonds is 10. The molecule has 2 rings (SSSR count). The number of aliphatic imine (C=N–C) groups is 1. The first-order valence-electron chi connectivity index (χ1n) is 10.2. The molecule has 1 fully saturated rings. The van der Waals surface area contributed by atoms with Crippen LogP contribution in [-0.2, 0) is 11.2 Å². The van der Waals surface area contributed by atoms with Crippen molar-refractivity contribution < 1.29 is 4.74 Å². The summed E-state index contributed by atoms with van der Waals surface area (Å²) < 4.78 is 5.62. The predicted molar refractivity (Wildman–Crippen MR) is 109 cm³/mol. The van der Waals surface area contributed by atoms with Crippen LogP contribution in [0.4, 0.5) is 0 Å². The van der Waals surface area contributed by atoms with E-state index < -0.39 is 0 Å². The fraction of sp³-hybridized carbons (Fsp3) is 0.714. The molecule has 2 N–H and O–H groups in total. The highest BCUT2D eigenvalue weighted by molar-refractivity contribution is 5.79. The smallest absolute Gasteiger partial charge is 0.191 e. The molecule has 1 aromatic rings. The van der Waals surface area contributed by atoms with E-state index in [9.17, 15) is 0 Å². The Labute approximate surface area is 159 Å². The van der Waals surface area contributed by atoms with Crippen molar-refractivity contribution in [2.24, 2.45) is 10.4 Å².